The van der Waals surface area contributed by atoms with Gasteiger partial charge in [-0.05, 0) is 133 Å². The van der Waals surface area contributed by atoms with Crippen LogP contribution in [-0.2, 0) is 0 Å². The molecule has 3 nitrogen and oxygen atoms in total. The third-order valence-corrected chi connectivity index (χ3v) is 14.0. The smallest absolute Gasteiger partial charge is 0.244 e. The fourth-order valence-electron chi connectivity index (χ4n) is 11.6. The zero-order chi connectivity index (χ0) is 41.4. The van der Waals surface area contributed by atoms with Gasteiger partial charge in [0.25, 0.3) is 0 Å². The summed E-state index contributed by atoms with van der Waals surface area (Å²) in [6.45, 7) is 9.01. The topological polar surface area (TPSA) is 13.1 Å². The largest absolute Gasteiger partial charge is 0.309 e. The molecule has 0 saturated heterocycles. The third-order valence-electron chi connectivity index (χ3n) is 14.0. The number of fused-ring (bicyclic) bond motifs is 4. The molecule has 4 heteroatoms. The number of aryl methyl sites for hydroxylation is 4. The van der Waals surface area contributed by atoms with Crippen molar-refractivity contribution >= 4 is 83.8 Å². The van der Waals surface area contributed by atoms with Crippen molar-refractivity contribution in [2.75, 3.05) is 4.90 Å². The predicted octanol–water partition coefficient (Wildman–Crippen LogP) is 13.1. The van der Waals surface area contributed by atoms with E-state index in [9.17, 15) is 0 Å². The first-order valence-electron chi connectivity index (χ1n) is 21.8. The van der Waals surface area contributed by atoms with Gasteiger partial charge >= 0.3 is 0 Å². The van der Waals surface area contributed by atoms with Crippen molar-refractivity contribution < 1.29 is 0 Å². The Hall–Kier alpha value is -7.56. The summed E-state index contributed by atoms with van der Waals surface area (Å²) in [5.74, 6) is 0. The van der Waals surface area contributed by atoms with Crippen LogP contribution in [0, 0.1) is 27.7 Å². The average molecular weight is 792 g/mol. The molecule has 11 aromatic rings. The first-order valence-corrected chi connectivity index (χ1v) is 21.8. The number of hydrogen-bond donors (Lipinski definition) is 0. The first kappa shape index (κ1) is 35.2. The van der Waals surface area contributed by atoms with E-state index in [1.807, 2.05) is 0 Å². The molecular weight excluding hydrogens is 749 g/mol. The maximum atomic E-state index is 2.58. The van der Waals surface area contributed by atoms with Gasteiger partial charge in [0.2, 0.25) is 6.71 Å². The van der Waals surface area contributed by atoms with Gasteiger partial charge in [0.05, 0.1) is 33.4 Å². The van der Waals surface area contributed by atoms with E-state index in [0.717, 1.165) is 5.69 Å². The Balaban J connectivity index is 1.26. The molecular formula is C58H42BN3. The highest BCUT2D eigenvalue weighted by Gasteiger charge is 2.39. The molecule has 13 rings (SSSR count). The number of aromatic nitrogens is 2. The lowest BCUT2D eigenvalue weighted by Crippen LogP contribution is -2.53. The minimum Gasteiger partial charge on any atom is -0.309 e. The molecule has 2 aromatic heterocycles. The van der Waals surface area contributed by atoms with Crippen LogP contribution >= 0.6 is 0 Å². The molecule has 0 amide bonds. The minimum atomic E-state index is -0.0419. The van der Waals surface area contributed by atoms with E-state index in [2.05, 4.69) is 224 Å². The lowest BCUT2D eigenvalue weighted by Gasteiger charge is -2.33. The molecule has 0 N–H and O–H groups in total. The summed E-state index contributed by atoms with van der Waals surface area (Å²) in [6.07, 6.45) is 0. The van der Waals surface area contributed by atoms with E-state index in [1.165, 1.54) is 127 Å². The van der Waals surface area contributed by atoms with Crippen molar-refractivity contribution in [3.63, 3.8) is 0 Å². The maximum Gasteiger partial charge on any atom is 0.244 e. The number of para-hydroxylation sites is 4. The summed E-state index contributed by atoms with van der Waals surface area (Å²) in [4.78, 5) is 2.58. The molecule has 292 valence electrons. The third kappa shape index (κ3) is 4.67. The SMILES string of the molecule is Cc1cccc(C)c1N(c1cc2c3c(c1)-c1cccc4c1c1c(cccc1n4-c1ccccc1)B3c1cccc3c1c1c-2cccc1n3-c1ccccc1)c1c(C)cccc1C. The van der Waals surface area contributed by atoms with Gasteiger partial charge in [-0.1, -0.05) is 138 Å². The van der Waals surface area contributed by atoms with E-state index in [4.69, 9.17) is 0 Å². The van der Waals surface area contributed by atoms with Gasteiger partial charge in [-0.15, -0.1) is 0 Å². The molecule has 0 unspecified atom stereocenters. The summed E-state index contributed by atoms with van der Waals surface area (Å²) in [6, 6.07) is 68.4. The average Bonchev–Trinajstić information content (AvgIpc) is 3.74. The van der Waals surface area contributed by atoms with Gasteiger partial charge in [-0.25, -0.2) is 0 Å². The molecule has 0 saturated carbocycles. The van der Waals surface area contributed by atoms with Crippen LogP contribution in [0.4, 0.5) is 17.1 Å². The normalized spacial score (nSPS) is 12.5. The standard InChI is InChI=1S/C58H42BN3/c1-35-17-11-18-36(2)57(35)62(58-37(3)19-12-20-38(58)4)41-33-44-42-25-13-29-48-52(42)54-46(27-15-31-50(54)60(48)39-21-7-5-8-22-39)59-47-28-16-32-51-55(47)53-43(45(34-41)56(44)59)26-14-30-49(53)61(51)40-23-9-6-10-24-40/h5-34H,1-4H3. The minimum absolute atomic E-state index is 0.0419. The Labute approximate surface area is 361 Å². The second kappa shape index (κ2) is 13.0. The zero-order valence-corrected chi connectivity index (χ0v) is 35.2. The van der Waals surface area contributed by atoms with Crippen LogP contribution in [0.15, 0.2) is 182 Å². The van der Waals surface area contributed by atoms with Gasteiger partial charge < -0.3 is 14.0 Å². The van der Waals surface area contributed by atoms with Gasteiger partial charge in [-0.2, -0.15) is 0 Å². The van der Waals surface area contributed by atoms with Crippen molar-refractivity contribution in [1.29, 1.82) is 0 Å². The van der Waals surface area contributed by atoms with Crippen LogP contribution in [0.5, 0.6) is 0 Å². The molecule has 2 aliphatic rings. The molecule has 0 fully saturated rings. The van der Waals surface area contributed by atoms with Gasteiger partial charge in [0, 0.05) is 38.6 Å². The Morgan fingerprint density at radius 2 is 0.726 bits per heavy atom. The number of nitrogens with zero attached hydrogens (tertiary/aromatic N) is 3. The monoisotopic (exact) mass is 791 g/mol. The Morgan fingerprint density at radius 1 is 0.355 bits per heavy atom. The molecule has 4 heterocycles. The Morgan fingerprint density at radius 3 is 1.15 bits per heavy atom. The summed E-state index contributed by atoms with van der Waals surface area (Å²) in [7, 11) is 0. The second-order valence-corrected chi connectivity index (χ2v) is 17.4. The molecule has 0 bridgehead atoms. The highest BCUT2D eigenvalue weighted by Crippen LogP contribution is 2.49. The van der Waals surface area contributed by atoms with Crippen LogP contribution in [0.25, 0.3) is 77.2 Å². The van der Waals surface area contributed by atoms with Crippen LogP contribution in [0.3, 0.4) is 0 Å². The van der Waals surface area contributed by atoms with Gasteiger partial charge in [-0.3, -0.25) is 0 Å². The molecule has 0 aliphatic carbocycles. The zero-order valence-electron chi connectivity index (χ0n) is 35.2. The molecule has 9 aromatic carbocycles. The fraction of sp³-hybridized carbons (Fsp3) is 0.0690. The maximum absolute atomic E-state index is 2.58. The Bertz CT molecular complexity index is 3410. The highest BCUT2D eigenvalue weighted by molar-refractivity contribution is 7.01. The van der Waals surface area contributed by atoms with Crippen LogP contribution in [-0.4, -0.2) is 15.8 Å². The highest BCUT2D eigenvalue weighted by atomic mass is 15.2. The predicted molar refractivity (Wildman–Crippen MR) is 264 cm³/mol. The molecule has 0 atom stereocenters. The number of benzene rings is 9. The summed E-state index contributed by atoms with van der Waals surface area (Å²) in [5, 5.41) is 5.29. The second-order valence-electron chi connectivity index (χ2n) is 17.4. The van der Waals surface area contributed by atoms with Crippen molar-refractivity contribution in [3.8, 4) is 33.6 Å². The van der Waals surface area contributed by atoms with E-state index in [1.54, 1.807) is 0 Å². The van der Waals surface area contributed by atoms with Gasteiger partial charge in [0.1, 0.15) is 0 Å². The molecule has 0 spiro atoms. The molecule has 0 radical (unpaired) electrons. The quantitative estimate of drug-likeness (QED) is 0.158. The number of rotatable bonds is 5. The van der Waals surface area contributed by atoms with Crippen molar-refractivity contribution in [1.82, 2.24) is 9.13 Å². The van der Waals surface area contributed by atoms with E-state index < -0.39 is 0 Å². The van der Waals surface area contributed by atoms with E-state index in [-0.39, 0.29) is 6.71 Å². The van der Waals surface area contributed by atoms with Crippen LogP contribution in [0.1, 0.15) is 22.3 Å². The van der Waals surface area contributed by atoms with Crippen molar-refractivity contribution in [2.45, 2.75) is 27.7 Å². The van der Waals surface area contributed by atoms with E-state index >= 15 is 0 Å². The van der Waals surface area contributed by atoms with E-state index in [0.29, 0.717) is 0 Å². The van der Waals surface area contributed by atoms with Crippen LogP contribution < -0.4 is 21.3 Å². The summed E-state index contributed by atoms with van der Waals surface area (Å²) in [5.41, 5.74) is 25.1. The lowest BCUT2D eigenvalue weighted by molar-refractivity contribution is 1.18. The van der Waals surface area contributed by atoms with Gasteiger partial charge in [0.15, 0.2) is 0 Å². The number of anilines is 3. The molecule has 62 heavy (non-hydrogen) atoms. The summed E-state index contributed by atoms with van der Waals surface area (Å²) < 4.78 is 4.98. The lowest BCUT2D eigenvalue weighted by atomic mass is 9.35. The number of hydrogen-bond acceptors (Lipinski definition) is 1. The van der Waals surface area contributed by atoms with Crippen molar-refractivity contribution in [2.24, 2.45) is 0 Å². The first-order chi connectivity index (χ1) is 30.5. The van der Waals surface area contributed by atoms with Crippen LogP contribution in [0.2, 0.25) is 0 Å². The summed E-state index contributed by atoms with van der Waals surface area (Å²) >= 11 is 0. The molecule has 2 aliphatic heterocycles. The van der Waals surface area contributed by atoms with Crippen molar-refractivity contribution in [3.05, 3.63) is 204 Å². The fourth-order valence-corrected chi connectivity index (χ4v) is 11.6. The Kier molecular flexibility index (Phi) is 7.37.